The summed E-state index contributed by atoms with van der Waals surface area (Å²) in [5, 5.41) is 3.18. The Kier molecular flexibility index (Phi) is 4.78. The fraction of sp³-hybridized carbons (Fsp3) is 0.125. The fourth-order valence-electron chi connectivity index (χ4n) is 2.05. The van der Waals surface area contributed by atoms with Crippen molar-refractivity contribution in [3.63, 3.8) is 0 Å². The number of thiophene rings is 1. The second-order valence-electron chi connectivity index (χ2n) is 4.56. The molecule has 7 heteroatoms. The molecule has 5 nitrogen and oxygen atoms in total. The van der Waals surface area contributed by atoms with Gasteiger partial charge < -0.3 is 14.8 Å². The average molecular weight is 392 g/mol. The van der Waals surface area contributed by atoms with Crippen molar-refractivity contribution < 1.29 is 9.47 Å². The topological polar surface area (TPSA) is 56.3 Å². The van der Waals surface area contributed by atoms with Crippen molar-refractivity contribution in [1.29, 1.82) is 0 Å². The second-order valence-corrected chi connectivity index (χ2v) is 7.03. The van der Waals surface area contributed by atoms with Gasteiger partial charge in [-0.25, -0.2) is 9.97 Å². The molecule has 0 radical (unpaired) electrons. The molecule has 0 fully saturated rings. The summed E-state index contributed by atoms with van der Waals surface area (Å²) >= 11 is 5.09. The first-order valence-corrected chi connectivity index (χ1v) is 8.38. The third kappa shape index (κ3) is 3.62. The predicted molar refractivity (Wildman–Crippen MR) is 95.9 cm³/mol. The average Bonchev–Trinajstić information content (AvgIpc) is 3.01. The van der Waals surface area contributed by atoms with E-state index in [-0.39, 0.29) is 0 Å². The highest BCUT2D eigenvalue weighted by molar-refractivity contribution is 9.11. The highest BCUT2D eigenvalue weighted by Crippen LogP contribution is 2.32. The van der Waals surface area contributed by atoms with Crippen molar-refractivity contribution in [2.75, 3.05) is 19.5 Å². The van der Waals surface area contributed by atoms with Crippen molar-refractivity contribution in [3.8, 4) is 22.1 Å². The molecule has 0 saturated carbocycles. The Bertz CT molecular complexity index is 823. The number of nitrogens with one attached hydrogen (secondary N) is 1. The molecule has 118 valence electrons. The number of aromatic nitrogens is 2. The third-order valence-electron chi connectivity index (χ3n) is 3.12. The second kappa shape index (κ2) is 6.97. The van der Waals surface area contributed by atoms with Gasteiger partial charge in [0.05, 0.1) is 28.6 Å². The van der Waals surface area contributed by atoms with Gasteiger partial charge in [-0.05, 0) is 46.3 Å². The highest BCUT2D eigenvalue weighted by atomic mass is 79.9. The van der Waals surface area contributed by atoms with Crippen molar-refractivity contribution >= 4 is 38.9 Å². The van der Waals surface area contributed by atoms with Crippen molar-refractivity contribution in [3.05, 3.63) is 46.4 Å². The lowest BCUT2D eigenvalue weighted by Crippen LogP contribution is -1.98. The number of halogens is 1. The van der Waals surface area contributed by atoms with Crippen LogP contribution in [0.25, 0.3) is 10.6 Å². The SMILES string of the molecule is COc1ccc(Nc2nccc(-c3ccc(Br)s3)n2)cc1OC. The van der Waals surface area contributed by atoms with Crippen LogP contribution in [0.15, 0.2) is 46.4 Å². The van der Waals surface area contributed by atoms with Gasteiger partial charge >= 0.3 is 0 Å². The van der Waals surface area contributed by atoms with Crippen LogP contribution < -0.4 is 14.8 Å². The van der Waals surface area contributed by atoms with E-state index >= 15 is 0 Å². The van der Waals surface area contributed by atoms with E-state index < -0.39 is 0 Å². The summed E-state index contributed by atoms with van der Waals surface area (Å²) < 4.78 is 11.6. The number of rotatable bonds is 5. The van der Waals surface area contributed by atoms with E-state index in [2.05, 4.69) is 31.2 Å². The number of methoxy groups -OCH3 is 2. The molecule has 0 amide bonds. The summed E-state index contributed by atoms with van der Waals surface area (Å²) in [5.74, 6) is 1.85. The van der Waals surface area contributed by atoms with Gasteiger partial charge in [0.1, 0.15) is 0 Å². The maximum atomic E-state index is 5.30. The van der Waals surface area contributed by atoms with Crippen LogP contribution >= 0.6 is 27.3 Å². The van der Waals surface area contributed by atoms with Gasteiger partial charge in [-0.15, -0.1) is 11.3 Å². The highest BCUT2D eigenvalue weighted by Gasteiger charge is 2.08. The molecular weight excluding hydrogens is 378 g/mol. The molecule has 0 atom stereocenters. The van der Waals surface area contributed by atoms with E-state index in [0.29, 0.717) is 17.4 Å². The zero-order valence-corrected chi connectivity index (χ0v) is 14.9. The van der Waals surface area contributed by atoms with Crippen LogP contribution in [0.2, 0.25) is 0 Å². The number of nitrogens with zero attached hydrogens (tertiary/aromatic N) is 2. The number of anilines is 2. The Morgan fingerprint density at radius 2 is 1.87 bits per heavy atom. The Labute approximate surface area is 146 Å². The van der Waals surface area contributed by atoms with E-state index in [1.54, 1.807) is 31.8 Å². The van der Waals surface area contributed by atoms with Gasteiger partial charge in [-0.2, -0.15) is 0 Å². The summed E-state index contributed by atoms with van der Waals surface area (Å²) in [7, 11) is 3.21. The number of benzene rings is 1. The normalized spacial score (nSPS) is 10.4. The third-order valence-corrected chi connectivity index (χ3v) is 4.77. The number of hydrogen-bond acceptors (Lipinski definition) is 6. The first kappa shape index (κ1) is 15.8. The maximum Gasteiger partial charge on any atom is 0.227 e. The van der Waals surface area contributed by atoms with E-state index in [4.69, 9.17) is 9.47 Å². The zero-order chi connectivity index (χ0) is 16.2. The molecule has 3 rings (SSSR count). The summed E-state index contributed by atoms with van der Waals surface area (Å²) in [6, 6.07) is 11.5. The van der Waals surface area contributed by atoms with Crippen molar-refractivity contribution in [2.24, 2.45) is 0 Å². The predicted octanol–water partition coefficient (Wildman–Crippen LogP) is 4.73. The summed E-state index contributed by atoms with van der Waals surface area (Å²) in [6.07, 6.45) is 1.74. The van der Waals surface area contributed by atoms with Gasteiger partial charge in [0.15, 0.2) is 11.5 Å². The molecule has 0 spiro atoms. The molecule has 0 aliphatic heterocycles. The summed E-state index contributed by atoms with van der Waals surface area (Å²) in [6.45, 7) is 0. The van der Waals surface area contributed by atoms with Gasteiger partial charge in [0.25, 0.3) is 0 Å². The molecule has 0 saturated heterocycles. The van der Waals surface area contributed by atoms with Gasteiger partial charge in [-0.3, -0.25) is 0 Å². The fourth-order valence-corrected chi connectivity index (χ4v) is 3.41. The Hall–Kier alpha value is -2.12. The minimum atomic E-state index is 0.527. The summed E-state index contributed by atoms with van der Waals surface area (Å²) in [5.41, 5.74) is 1.70. The largest absolute Gasteiger partial charge is 0.493 e. The molecule has 23 heavy (non-hydrogen) atoms. The quantitative estimate of drug-likeness (QED) is 0.681. The number of ether oxygens (including phenoxy) is 2. The lowest BCUT2D eigenvalue weighted by molar-refractivity contribution is 0.355. The first-order valence-electron chi connectivity index (χ1n) is 6.77. The zero-order valence-electron chi connectivity index (χ0n) is 12.5. The molecule has 0 aliphatic rings. The van der Waals surface area contributed by atoms with Crippen molar-refractivity contribution in [2.45, 2.75) is 0 Å². The van der Waals surface area contributed by atoms with Crippen LogP contribution in [0.3, 0.4) is 0 Å². The minimum Gasteiger partial charge on any atom is -0.493 e. The monoisotopic (exact) mass is 391 g/mol. The standard InChI is InChI=1S/C16H14BrN3O2S/c1-21-12-4-3-10(9-13(12)22-2)19-16-18-8-7-11(20-16)14-5-6-15(17)23-14/h3-9H,1-2H3,(H,18,19,20). The molecule has 0 bridgehead atoms. The van der Waals surface area contributed by atoms with E-state index in [9.17, 15) is 0 Å². The number of hydrogen-bond donors (Lipinski definition) is 1. The molecule has 1 aromatic carbocycles. The first-order chi connectivity index (χ1) is 11.2. The van der Waals surface area contributed by atoms with Gasteiger partial charge in [0.2, 0.25) is 5.95 Å². The molecule has 3 aromatic rings. The van der Waals surface area contributed by atoms with Crippen LogP contribution in [0.1, 0.15) is 0 Å². The van der Waals surface area contributed by atoms with Crippen LogP contribution in [-0.4, -0.2) is 24.2 Å². The minimum absolute atomic E-state index is 0.527. The molecule has 0 aliphatic carbocycles. The van der Waals surface area contributed by atoms with Crippen LogP contribution in [0.5, 0.6) is 11.5 Å². The van der Waals surface area contributed by atoms with Crippen LogP contribution in [-0.2, 0) is 0 Å². The maximum absolute atomic E-state index is 5.30. The van der Waals surface area contributed by atoms with Gasteiger partial charge in [0, 0.05) is 18.0 Å². The van der Waals surface area contributed by atoms with Crippen molar-refractivity contribution in [1.82, 2.24) is 9.97 Å². The smallest absolute Gasteiger partial charge is 0.227 e. The van der Waals surface area contributed by atoms with Crippen LogP contribution in [0.4, 0.5) is 11.6 Å². The van der Waals surface area contributed by atoms with Crippen LogP contribution in [0, 0.1) is 0 Å². The molecule has 1 N–H and O–H groups in total. The van der Waals surface area contributed by atoms with E-state index in [0.717, 1.165) is 20.0 Å². The Morgan fingerprint density at radius 1 is 1.04 bits per heavy atom. The summed E-state index contributed by atoms with van der Waals surface area (Å²) in [4.78, 5) is 9.89. The Morgan fingerprint density at radius 3 is 2.57 bits per heavy atom. The van der Waals surface area contributed by atoms with E-state index in [1.165, 1.54) is 0 Å². The molecule has 2 aromatic heterocycles. The van der Waals surface area contributed by atoms with Gasteiger partial charge in [-0.1, -0.05) is 0 Å². The Balaban J connectivity index is 1.86. The van der Waals surface area contributed by atoms with E-state index in [1.807, 2.05) is 36.4 Å². The molecule has 2 heterocycles. The molecular formula is C16H14BrN3O2S. The molecule has 0 unspecified atom stereocenters. The lowest BCUT2D eigenvalue weighted by atomic mass is 10.2. The lowest BCUT2D eigenvalue weighted by Gasteiger charge is -2.10.